The van der Waals surface area contributed by atoms with E-state index in [0.717, 1.165) is 24.1 Å². The minimum Gasteiger partial charge on any atom is -0.481 e. The first-order valence-electron chi connectivity index (χ1n) is 8.90. The van der Waals surface area contributed by atoms with Crippen LogP contribution in [-0.2, 0) is 17.0 Å². The summed E-state index contributed by atoms with van der Waals surface area (Å²) in [5, 5.41) is 11.6. The van der Waals surface area contributed by atoms with Gasteiger partial charge < -0.3 is 15.4 Å². The molecule has 142 valence electrons. The summed E-state index contributed by atoms with van der Waals surface area (Å²) in [5.74, 6) is 0.273. The Balaban J connectivity index is 1.67. The number of amides is 1. The number of ketones is 1. The number of H-pyrrole nitrogens is 1. The fraction of sp³-hybridized carbons (Fsp3) is 0.350. The van der Waals surface area contributed by atoms with Crippen molar-refractivity contribution in [3.8, 4) is 0 Å². The molecule has 27 heavy (non-hydrogen) atoms. The van der Waals surface area contributed by atoms with Crippen molar-refractivity contribution in [3.05, 3.63) is 52.3 Å². The van der Waals surface area contributed by atoms with E-state index >= 15 is 0 Å². The molecule has 1 aliphatic carbocycles. The molecule has 1 amide bonds. The van der Waals surface area contributed by atoms with Crippen LogP contribution in [0.15, 0.2) is 24.3 Å². The van der Waals surface area contributed by atoms with Crippen LogP contribution >= 0.6 is 11.8 Å². The normalized spacial score (nSPS) is 13.3. The van der Waals surface area contributed by atoms with Crippen molar-refractivity contribution in [2.24, 2.45) is 0 Å². The number of carbonyl (C=O) groups excluding carboxylic acids is 2. The van der Waals surface area contributed by atoms with Crippen molar-refractivity contribution in [1.82, 2.24) is 4.98 Å². The Labute approximate surface area is 161 Å². The summed E-state index contributed by atoms with van der Waals surface area (Å²) in [6, 6.07) is 7.50. The van der Waals surface area contributed by atoms with Gasteiger partial charge in [-0.1, -0.05) is 12.1 Å². The zero-order chi connectivity index (χ0) is 19.4. The van der Waals surface area contributed by atoms with Crippen molar-refractivity contribution in [1.29, 1.82) is 0 Å². The SMILES string of the molecule is Cc1c(C(=O)Nc2cccc(CSCCC(=O)O)c2)[nH]c2c1C(=O)CCC2. The summed E-state index contributed by atoms with van der Waals surface area (Å²) in [6.07, 6.45) is 2.28. The van der Waals surface area contributed by atoms with E-state index in [-0.39, 0.29) is 18.1 Å². The van der Waals surface area contributed by atoms with Gasteiger partial charge in [-0.25, -0.2) is 0 Å². The quantitative estimate of drug-likeness (QED) is 0.629. The Morgan fingerprint density at radius 3 is 2.85 bits per heavy atom. The van der Waals surface area contributed by atoms with Crippen molar-refractivity contribution in [2.45, 2.75) is 38.4 Å². The first kappa shape index (κ1) is 19.2. The predicted octanol–water partition coefficient (Wildman–Crippen LogP) is 3.80. The average Bonchev–Trinajstić information content (AvgIpc) is 2.97. The number of Topliss-reactive ketones (excluding diaryl/α,β-unsaturated/α-hetero) is 1. The van der Waals surface area contributed by atoms with Crippen LogP contribution in [0.4, 0.5) is 5.69 Å². The smallest absolute Gasteiger partial charge is 0.304 e. The van der Waals surface area contributed by atoms with E-state index in [4.69, 9.17) is 5.11 Å². The zero-order valence-electron chi connectivity index (χ0n) is 15.1. The molecule has 0 saturated heterocycles. The molecule has 0 spiro atoms. The van der Waals surface area contributed by atoms with E-state index in [1.807, 2.05) is 31.2 Å². The number of hydrogen-bond acceptors (Lipinski definition) is 4. The third-order valence-electron chi connectivity index (χ3n) is 4.58. The molecule has 0 atom stereocenters. The van der Waals surface area contributed by atoms with Crippen LogP contribution in [0.1, 0.15) is 56.9 Å². The molecular formula is C20H22N2O4S. The highest BCUT2D eigenvalue weighted by atomic mass is 32.2. The van der Waals surface area contributed by atoms with Crippen LogP contribution in [0.2, 0.25) is 0 Å². The number of carbonyl (C=O) groups is 3. The molecule has 1 aliphatic rings. The third kappa shape index (κ3) is 4.60. The van der Waals surface area contributed by atoms with Gasteiger partial charge in [0.05, 0.1) is 6.42 Å². The lowest BCUT2D eigenvalue weighted by molar-refractivity contribution is -0.136. The van der Waals surface area contributed by atoms with E-state index < -0.39 is 5.97 Å². The van der Waals surface area contributed by atoms with E-state index in [0.29, 0.717) is 40.4 Å². The van der Waals surface area contributed by atoms with Gasteiger partial charge in [-0.2, -0.15) is 11.8 Å². The van der Waals surface area contributed by atoms with Gasteiger partial charge in [0.2, 0.25) is 0 Å². The standard InChI is InChI=1S/C20H22N2O4S/c1-12-18-15(6-3-7-16(18)23)22-19(12)20(26)21-14-5-2-4-13(10-14)11-27-9-8-17(24)25/h2,4-5,10,22H,3,6-9,11H2,1H3,(H,21,26)(H,24,25). The lowest BCUT2D eigenvalue weighted by atomic mass is 9.94. The molecule has 0 radical (unpaired) electrons. The molecule has 1 heterocycles. The van der Waals surface area contributed by atoms with E-state index in [9.17, 15) is 14.4 Å². The Morgan fingerprint density at radius 1 is 1.30 bits per heavy atom. The number of carboxylic acids is 1. The van der Waals surface area contributed by atoms with Gasteiger partial charge in [-0.15, -0.1) is 0 Å². The summed E-state index contributed by atoms with van der Waals surface area (Å²) in [6.45, 7) is 1.81. The molecule has 0 fully saturated rings. The number of aryl methyl sites for hydroxylation is 1. The fourth-order valence-electron chi connectivity index (χ4n) is 3.28. The molecule has 6 nitrogen and oxygen atoms in total. The van der Waals surface area contributed by atoms with Gasteiger partial charge in [0.15, 0.2) is 5.78 Å². The topological polar surface area (TPSA) is 99.3 Å². The second-order valence-corrected chi connectivity index (χ2v) is 7.71. The first-order valence-corrected chi connectivity index (χ1v) is 10.1. The second kappa shape index (κ2) is 8.43. The molecule has 3 N–H and O–H groups in total. The molecule has 0 aliphatic heterocycles. The minimum absolute atomic E-state index is 0.101. The summed E-state index contributed by atoms with van der Waals surface area (Å²) >= 11 is 1.54. The van der Waals surface area contributed by atoms with Crippen LogP contribution in [0.3, 0.4) is 0 Å². The van der Waals surface area contributed by atoms with E-state index in [1.54, 1.807) is 11.8 Å². The Bertz CT molecular complexity index is 888. The van der Waals surface area contributed by atoms with E-state index in [1.165, 1.54) is 0 Å². The molecule has 0 unspecified atom stereocenters. The fourth-order valence-corrected chi connectivity index (χ4v) is 4.16. The van der Waals surface area contributed by atoms with Crippen molar-refractivity contribution in [2.75, 3.05) is 11.1 Å². The number of anilines is 1. The number of benzene rings is 1. The number of aromatic nitrogens is 1. The van der Waals surface area contributed by atoms with Crippen LogP contribution in [0.25, 0.3) is 0 Å². The monoisotopic (exact) mass is 386 g/mol. The highest BCUT2D eigenvalue weighted by Crippen LogP contribution is 2.27. The average molecular weight is 386 g/mol. The molecule has 1 aromatic heterocycles. The summed E-state index contributed by atoms with van der Waals surface area (Å²) in [5.41, 5.74) is 4.38. The minimum atomic E-state index is -0.800. The van der Waals surface area contributed by atoms with Crippen LogP contribution in [-0.4, -0.2) is 33.5 Å². The van der Waals surface area contributed by atoms with Gasteiger partial charge >= 0.3 is 5.97 Å². The van der Waals surface area contributed by atoms with Gasteiger partial charge in [-0.3, -0.25) is 14.4 Å². The predicted molar refractivity (Wildman–Crippen MR) is 106 cm³/mol. The number of nitrogens with one attached hydrogen (secondary N) is 2. The van der Waals surface area contributed by atoms with Crippen LogP contribution in [0, 0.1) is 6.92 Å². The molecule has 0 bridgehead atoms. The summed E-state index contributed by atoms with van der Waals surface area (Å²) in [4.78, 5) is 38.5. The van der Waals surface area contributed by atoms with E-state index in [2.05, 4.69) is 10.3 Å². The molecule has 7 heteroatoms. The lowest BCUT2D eigenvalue weighted by Crippen LogP contribution is -2.14. The summed E-state index contributed by atoms with van der Waals surface area (Å²) < 4.78 is 0. The maximum atomic E-state index is 12.7. The van der Waals surface area contributed by atoms with Gasteiger partial charge in [0.25, 0.3) is 5.91 Å². The van der Waals surface area contributed by atoms with Gasteiger partial charge in [-0.05, 0) is 43.0 Å². The zero-order valence-corrected chi connectivity index (χ0v) is 15.9. The van der Waals surface area contributed by atoms with Crippen molar-refractivity contribution >= 4 is 35.1 Å². The third-order valence-corrected chi connectivity index (χ3v) is 5.61. The number of aliphatic carboxylic acids is 1. The van der Waals surface area contributed by atoms with Gasteiger partial charge in [0.1, 0.15) is 5.69 Å². The molecule has 3 rings (SSSR count). The number of hydrogen-bond donors (Lipinski definition) is 3. The number of carboxylic acid groups (broad SMARTS) is 1. The largest absolute Gasteiger partial charge is 0.481 e. The second-order valence-electron chi connectivity index (χ2n) is 6.61. The Kier molecular flexibility index (Phi) is 6.01. The van der Waals surface area contributed by atoms with Crippen LogP contribution < -0.4 is 5.32 Å². The molecule has 2 aromatic rings. The number of rotatable bonds is 7. The molecule has 1 aromatic carbocycles. The maximum absolute atomic E-state index is 12.7. The Morgan fingerprint density at radius 2 is 2.11 bits per heavy atom. The van der Waals surface area contributed by atoms with Crippen molar-refractivity contribution < 1.29 is 19.5 Å². The highest BCUT2D eigenvalue weighted by molar-refractivity contribution is 7.98. The van der Waals surface area contributed by atoms with Gasteiger partial charge in [0, 0.05) is 34.9 Å². The Hall–Kier alpha value is -2.54. The molecule has 0 saturated carbocycles. The first-order chi connectivity index (χ1) is 13.0. The molecular weight excluding hydrogens is 364 g/mol. The summed E-state index contributed by atoms with van der Waals surface area (Å²) in [7, 11) is 0. The number of fused-ring (bicyclic) bond motifs is 1. The van der Waals surface area contributed by atoms with Crippen LogP contribution in [0.5, 0.6) is 0 Å². The number of aromatic amines is 1. The lowest BCUT2D eigenvalue weighted by Gasteiger charge is -2.09. The van der Waals surface area contributed by atoms with Crippen molar-refractivity contribution in [3.63, 3.8) is 0 Å². The highest BCUT2D eigenvalue weighted by Gasteiger charge is 2.26. The number of thioether (sulfide) groups is 1. The maximum Gasteiger partial charge on any atom is 0.304 e.